The Morgan fingerprint density at radius 3 is 2.85 bits per heavy atom. The molecule has 2 rings (SSSR count). The van der Waals surface area contributed by atoms with Gasteiger partial charge in [0.15, 0.2) is 0 Å². The summed E-state index contributed by atoms with van der Waals surface area (Å²) in [5.41, 5.74) is 1.10. The largest absolute Gasteiger partial charge is 0.310 e. The van der Waals surface area contributed by atoms with Gasteiger partial charge in [0.05, 0.1) is 4.47 Å². The minimum atomic E-state index is -0.158. The second-order valence-electron chi connectivity index (χ2n) is 6.14. The molecule has 0 aromatic heterocycles. The summed E-state index contributed by atoms with van der Waals surface area (Å²) in [6.07, 6.45) is 6.25. The van der Waals surface area contributed by atoms with Crippen molar-refractivity contribution in [3.63, 3.8) is 0 Å². The third kappa shape index (κ3) is 4.05. The van der Waals surface area contributed by atoms with Crippen molar-refractivity contribution in [2.45, 2.75) is 52.0 Å². The number of benzene rings is 1. The number of hydrogen-bond acceptors (Lipinski definition) is 1. The SMILES string of the molecule is CCCNC(c1ccc(Br)c(F)c1)C1CCCC(C)C1. The van der Waals surface area contributed by atoms with Crippen molar-refractivity contribution < 1.29 is 4.39 Å². The Morgan fingerprint density at radius 2 is 2.20 bits per heavy atom. The lowest BCUT2D eigenvalue weighted by Crippen LogP contribution is -2.32. The molecule has 0 radical (unpaired) electrons. The second-order valence-corrected chi connectivity index (χ2v) is 6.99. The smallest absolute Gasteiger partial charge is 0.137 e. The van der Waals surface area contributed by atoms with Crippen molar-refractivity contribution in [3.05, 3.63) is 34.1 Å². The number of hydrogen-bond donors (Lipinski definition) is 1. The molecule has 3 heteroatoms. The molecule has 0 heterocycles. The van der Waals surface area contributed by atoms with Gasteiger partial charge in [0.25, 0.3) is 0 Å². The van der Waals surface area contributed by atoms with Crippen molar-refractivity contribution in [1.82, 2.24) is 5.32 Å². The highest BCUT2D eigenvalue weighted by molar-refractivity contribution is 9.10. The van der Waals surface area contributed by atoms with Crippen LogP contribution in [-0.2, 0) is 0 Å². The van der Waals surface area contributed by atoms with Gasteiger partial charge in [-0.1, -0.05) is 32.8 Å². The number of nitrogens with one attached hydrogen (secondary N) is 1. The topological polar surface area (TPSA) is 12.0 Å². The Balaban J connectivity index is 2.19. The third-order valence-corrected chi connectivity index (χ3v) is 5.01. The van der Waals surface area contributed by atoms with Crippen molar-refractivity contribution in [2.24, 2.45) is 11.8 Å². The van der Waals surface area contributed by atoms with Crippen LogP contribution < -0.4 is 5.32 Å². The van der Waals surface area contributed by atoms with Crippen LogP contribution in [0.15, 0.2) is 22.7 Å². The highest BCUT2D eigenvalue weighted by atomic mass is 79.9. The molecule has 1 aromatic rings. The molecule has 0 amide bonds. The molecule has 1 N–H and O–H groups in total. The molecule has 1 fully saturated rings. The maximum absolute atomic E-state index is 13.8. The van der Waals surface area contributed by atoms with E-state index in [1.807, 2.05) is 6.07 Å². The van der Waals surface area contributed by atoms with E-state index in [1.165, 1.54) is 25.7 Å². The van der Waals surface area contributed by atoms with Crippen molar-refractivity contribution >= 4 is 15.9 Å². The first-order valence-electron chi connectivity index (χ1n) is 7.80. The number of rotatable bonds is 5. The molecular formula is C17H25BrFN. The zero-order valence-electron chi connectivity index (χ0n) is 12.5. The van der Waals surface area contributed by atoms with Gasteiger partial charge in [-0.2, -0.15) is 0 Å². The van der Waals surface area contributed by atoms with Gasteiger partial charge < -0.3 is 5.32 Å². The summed E-state index contributed by atoms with van der Waals surface area (Å²) in [6, 6.07) is 5.87. The maximum atomic E-state index is 13.8. The summed E-state index contributed by atoms with van der Waals surface area (Å²) < 4.78 is 14.4. The van der Waals surface area contributed by atoms with Crippen molar-refractivity contribution in [2.75, 3.05) is 6.54 Å². The normalized spacial score (nSPS) is 24.6. The Morgan fingerprint density at radius 1 is 1.40 bits per heavy atom. The Hall–Kier alpha value is -0.410. The fourth-order valence-electron chi connectivity index (χ4n) is 3.35. The summed E-state index contributed by atoms with van der Waals surface area (Å²) in [5, 5.41) is 3.64. The molecule has 20 heavy (non-hydrogen) atoms. The van der Waals surface area contributed by atoms with Gasteiger partial charge in [-0.05, 0) is 71.3 Å². The predicted octanol–water partition coefficient (Wildman–Crippen LogP) is 5.46. The van der Waals surface area contributed by atoms with E-state index in [9.17, 15) is 4.39 Å². The molecule has 1 aromatic carbocycles. The lowest BCUT2D eigenvalue weighted by molar-refractivity contribution is 0.223. The zero-order valence-corrected chi connectivity index (χ0v) is 14.0. The average molecular weight is 342 g/mol. The van der Waals surface area contributed by atoms with Gasteiger partial charge in [-0.3, -0.25) is 0 Å². The molecule has 3 atom stereocenters. The van der Waals surface area contributed by atoms with Crippen LogP contribution in [-0.4, -0.2) is 6.54 Å². The molecule has 0 bridgehead atoms. The predicted molar refractivity (Wildman–Crippen MR) is 86.3 cm³/mol. The van der Waals surface area contributed by atoms with E-state index in [1.54, 1.807) is 6.07 Å². The van der Waals surface area contributed by atoms with E-state index in [4.69, 9.17) is 0 Å². The molecule has 0 aliphatic heterocycles. The minimum Gasteiger partial charge on any atom is -0.310 e. The van der Waals surface area contributed by atoms with Crippen LogP contribution in [0.25, 0.3) is 0 Å². The van der Waals surface area contributed by atoms with Crippen molar-refractivity contribution in [3.8, 4) is 0 Å². The Bertz CT molecular complexity index is 435. The molecule has 112 valence electrons. The molecule has 1 aliphatic carbocycles. The fourth-order valence-corrected chi connectivity index (χ4v) is 3.59. The van der Waals surface area contributed by atoms with Crippen LogP contribution in [0.5, 0.6) is 0 Å². The summed E-state index contributed by atoms with van der Waals surface area (Å²) in [5.74, 6) is 1.26. The van der Waals surface area contributed by atoms with Crippen LogP contribution >= 0.6 is 15.9 Å². The summed E-state index contributed by atoms with van der Waals surface area (Å²) in [7, 11) is 0. The van der Waals surface area contributed by atoms with E-state index in [-0.39, 0.29) is 5.82 Å². The fraction of sp³-hybridized carbons (Fsp3) is 0.647. The van der Waals surface area contributed by atoms with Gasteiger partial charge >= 0.3 is 0 Å². The highest BCUT2D eigenvalue weighted by Gasteiger charge is 2.27. The van der Waals surface area contributed by atoms with Crippen LogP contribution in [0.1, 0.15) is 57.6 Å². The standard InChI is InChI=1S/C17H25BrFN/c1-3-9-20-17(13-6-4-5-12(2)10-13)14-7-8-15(18)16(19)11-14/h7-8,11-13,17,20H,3-6,9-10H2,1-2H3. The lowest BCUT2D eigenvalue weighted by Gasteiger charge is -2.34. The first-order chi connectivity index (χ1) is 9.61. The van der Waals surface area contributed by atoms with Crippen LogP contribution in [0, 0.1) is 17.7 Å². The van der Waals surface area contributed by atoms with E-state index in [0.29, 0.717) is 16.4 Å². The van der Waals surface area contributed by atoms with Gasteiger partial charge in [-0.15, -0.1) is 0 Å². The van der Waals surface area contributed by atoms with Gasteiger partial charge in [0.2, 0.25) is 0 Å². The van der Waals surface area contributed by atoms with Crippen LogP contribution in [0.4, 0.5) is 4.39 Å². The zero-order chi connectivity index (χ0) is 14.5. The lowest BCUT2D eigenvalue weighted by atomic mass is 9.76. The highest BCUT2D eigenvalue weighted by Crippen LogP contribution is 2.37. The Labute approximate surface area is 130 Å². The van der Waals surface area contributed by atoms with Crippen LogP contribution in [0.3, 0.4) is 0 Å². The quantitative estimate of drug-likeness (QED) is 0.750. The molecule has 1 aliphatic rings. The van der Waals surface area contributed by atoms with E-state index < -0.39 is 0 Å². The van der Waals surface area contributed by atoms with E-state index in [2.05, 4.69) is 41.2 Å². The van der Waals surface area contributed by atoms with Gasteiger partial charge in [0, 0.05) is 6.04 Å². The van der Waals surface area contributed by atoms with Crippen LogP contribution in [0.2, 0.25) is 0 Å². The summed E-state index contributed by atoms with van der Waals surface area (Å²) in [6.45, 7) is 5.51. The molecule has 0 saturated heterocycles. The molecule has 0 spiro atoms. The monoisotopic (exact) mass is 341 g/mol. The molecular weight excluding hydrogens is 317 g/mol. The Kier molecular flexibility index (Phi) is 6.03. The first-order valence-corrected chi connectivity index (χ1v) is 8.59. The maximum Gasteiger partial charge on any atom is 0.137 e. The molecule has 1 saturated carbocycles. The van der Waals surface area contributed by atoms with Gasteiger partial charge in [-0.25, -0.2) is 4.39 Å². The molecule has 1 nitrogen and oxygen atoms in total. The number of halogens is 2. The second kappa shape index (κ2) is 7.56. The summed E-state index contributed by atoms with van der Waals surface area (Å²) in [4.78, 5) is 0. The van der Waals surface area contributed by atoms with E-state index >= 15 is 0 Å². The first kappa shape index (κ1) is 16.0. The molecule has 3 unspecified atom stereocenters. The minimum absolute atomic E-state index is 0.158. The van der Waals surface area contributed by atoms with E-state index in [0.717, 1.165) is 24.4 Å². The van der Waals surface area contributed by atoms with Crippen molar-refractivity contribution in [1.29, 1.82) is 0 Å². The summed E-state index contributed by atoms with van der Waals surface area (Å²) >= 11 is 3.24. The third-order valence-electron chi connectivity index (χ3n) is 4.37. The van der Waals surface area contributed by atoms with Gasteiger partial charge in [0.1, 0.15) is 5.82 Å². The average Bonchev–Trinajstić information content (AvgIpc) is 2.43.